The van der Waals surface area contributed by atoms with Crippen LogP contribution >= 0.6 is 11.6 Å². The summed E-state index contributed by atoms with van der Waals surface area (Å²) in [7, 11) is 0. The Bertz CT molecular complexity index is 980. The molecule has 27 heavy (non-hydrogen) atoms. The number of Topliss-reactive ketones (excluding diaryl/α,β-unsaturated/α-hetero) is 1. The summed E-state index contributed by atoms with van der Waals surface area (Å²) in [6, 6.07) is 14.0. The maximum atomic E-state index is 12.8. The number of anilines is 1. The second-order valence-corrected chi connectivity index (χ2v) is 6.55. The molecule has 0 bridgehead atoms. The highest BCUT2D eigenvalue weighted by Crippen LogP contribution is 2.19. The molecule has 3 aromatic rings. The molecule has 0 atom stereocenters. The van der Waals surface area contributed by atoms with Crippen molar-refractivity contribution in [1.82, 2.24) is 15.0 Å². The average molecular weight is 383 g/mol. The van der Waals surface area contributed by atoms with E-state index < -0.39 is 0 Å². The number of halogens is 1. The third kappa shape index (κ3) is 4.23. The predicted octanol–water partition coefficient (Wildman–Crippen LogP) is 4.33. The lowest BCUT2D eigenvalue weighted by atomic mass is 10.1. The van der Waals surface area contributed by atoms with E-state index in [-0.39, 0.29) is 17.4 Å². The summed E-state index contributed by atoms with van der Waals surface area (Å²) in [6.45, 7) is 3.51. The lowest BCUT2D eigenvalue weighted by Gasteiger charge is -2.08. The number of ketones is 1. The fourth-order valence-electron chi connectivity index (χ4n) is 2.74. The number of hydrogen-bond acceptors (Lipinski definition) is 4. The quantitative estimate of drug-likeness (QED) is 0.644. The number of nitrogens with one attached hydrogen (secondary N) is 1. The van der Waals surface area contributed by atoms with E-state index in [1.165, 1.54) is 6.92 Å². The number of rotatable bonds is 6. The van der Waals surface area contributed by atoms with Crippen LogP contribution in [0.4, 0.5) is 5.69 Å². The number of nitrogens with zero attached hydrogens (tertiary/aromatic N) is 3. The normalized spacial score (nSPS) is 10.6. The molecule has 0 aliphatic carbocycles. The van der Waals surface area contributed by atoms with Crippen molar-refractivity contribution in [2.24, 2.45) is 0 Å². The van der Waals surface area contributed by atoms with Crippen molar-refractivity contribution >= 4 is 29.0 Å². The van der Waals surface area contributed by atoms with Crippen LogP contribution in [-0.2, 0) is 6.42 Å². The third-order valence-electron chi connectivity index (χ3n) is 4.06. The molecule has 1 aromatic heterocycles. The highest BCUT2D eigenvalue weighted by atomic mass is 35.5. The zero-order valence-electron chi connectivity index (χ0n) is 15.1. The zero-order chi connectivity index (χ0) is 19.4. The first-order chi connectivity index (χ1) is 13.0. The molecule has 0 aliphatic rings. The molecule has 0 saturated heterocycles. The average Bonchev–Trinajstić information content (AvgIpc) is 3.07. The van der Waals surface area contributed by atoms with Gasteiger partial charge in [-0.05, 0) is 49.7 Å². The van der Waals surface area contributed by atoms with Gasteiger partial charge in [0.05, 0.1) is 11.4 Å². The first-order valence-electron chi connectivity index (χ1n) is 8.62. The van der Waals surface area contributed by atoms with Crippen molar-refractivity contribution in [1.29, 1.82) is 0 Å². The summed E-state index contributed by atoms with van der Waals surface area (Å²) in [5.74, 6) is -0.425. The van der Waals surface area contributed by atoms with Gasteiger partial charge in [0.2, 0.25) is 0 Å². The molecule has 1 amide bonds. The van der Waals surface area contributed by atoms with Crippen LogP contribution in [0.15, 0.2) is 48.5 Å². The van der Waals surface area contributed by atoms with Gasteiger partial charge in [0, 0.05) is 16.3 Å². The summed E-state index contributed by atoms with van der Waals surface area (Å²) >= 11 is 5.95. The van der Waals surface area contributed by atoms with Gasteiger partial charge in [-0.1, -0.05) is 42.3 Å². The van der Waals surface area contributed by atoms with Crippen LogP contribution in [0, 0.1) is 0 Å². The lowest BCUT2D eigenvalue weighted by Crippen LogP contribution is -2.16. The highest BCUT2D eigenvalue weighted by molar-refractivity contribution is 6.30. The van der Waals surface area contributed by atoms with Crippen LogP contribution in [0.5, 0.6) is 0 Å². The predicted molar refractivity (Wildman–Crippen MR) is 105 cm³/mol. The summed E-state index contributed by atoms with van der Waals surface area (Å²) in [5.41, 5.74) is 2.84. The first-order valence-corrected chi connectivity index (χ1v) is 9.00. The molecule has 0 aliphatic heterocycles. The Balaban J connectivity index is 1.91. The Morgan fingerprint density at radius 3 is 2.56 bits per heavy atom. The second kappa shape index (κ2) is 8.14. The minimum atomic E-state index is -0.362. The van der Waals surface area contributed by atoms with E-state index >= 15 is 0 Å². The third-order valence-corrected chi connectivity index (χ3v) is 4.32. The Morgan fingerprint density at radius 1 is 1.15 bits per heavy atom. The van der Waals surface area contributed by atoms with E-state index in [4.69, 9.17) is 11.6 Å². The Kier molecular flexibility index (Phi) is 5.66. The summed E-state index contributed by atoms with van der Waals surface area (Å²) in [4.78, 5) is 24.3. The molecule has 0 saturated carbocycles. The standard InChI is InChI=1S/C20H19ClN4O2/c1-3-5-18-19(23-24-25(18)17-10-8-15(21)9-11-17)20(27)22-16-7-4-6-14(12-16)13(2)26/h4,6-12H,3,5H2,1-2H3,(H,22,27). The fraction of sp³-hybridized carbons (Fsp3) is 0.200. The molecule has 138 valence electrons. The van der Waals surface area contributed by atoms with Crippen molar-refractivity contribution < 1.29 is 9.59 Å². The van der Waals surface area contributed by atoms with Gasteiger partial charge >= 0.3 is 0 Å². The maximum absolute atomic E-state index is 12.8. The van der Waals surface area contributed by atoms with Crippen molar-refractivity contribution in [2.75, 3.05) is 5.32 Å². The van der Waals surface area contributed by atoms with Gasteiger partial charge in [-0.3, -0.25) is 9.59 Å². The van der Waals surface area contributed by atoms with Crippen LogP contribution in [0.25, 0.3) is 5.69 Å². The summed E-state index contributed by atoms with van der Waals surface area (Å²) in [5, 5.41) is 11.7. The highest BCUT2D eigenvalue weighted by Gasteiger charge is 2.20. The number of hydrogen-bond donors (Lipinski definition) is 1. The second-order valence-electron chi connectivity index (χ2n) is 6.11. The van der Waals surface area contributed by atoms with Gasteiger partial charge in [-0.2, -0.15) is 0 Å². The summed E-state index contributed by atoms with van der Waals surface area (Å²) in [6.07, 6.45) is 1.48. The van der Waals surface area contributed by atoms with E-state index in [9.17, 15) is 9.59 Å². The molecule has 7 heteroatoms. The largest absolute Gasteiger partial charge is 0.321 e. The van der Waals surface area contributed by atoms with Crippen LogP contribution in [0.2, 0.25) is 5.02 Å². The molecule has 2 aromatic carbocycles. The van der Waals surface area contributed by atoms with Gasteiger partial charge in [0.1, 0.15) is 0 Å². The smallest absolute Gasteiger partial charge is 0.278 e. The van der Waals surface area contributed by atoms with E-state index in [2.05, 4.69) is 15.6 Å². The van der Waals surface area contributed by atoms with Crippen LogP contribution in [-0.4, -0.2) is 26.7 Å². The topological polar surface area (TPSA) is 76.9 Å². The fourth-order valence-corrected chi connectivity index (χ4v) is 2.86. The van der Waals surface area contributed by atoms with Gasteiger partial charge in [-0.25, -0.2) is 4.68 Å². The number of amides is 1. The van der Waals surface area contributed by atoms with Crippen molar-refractivity contribution in [3.8, 4) is 5.69 Å². The van der Waals surface area contributed by atoms with E-state index in [0.717, 1.165) is 17.8 Å². The van der Waals surface area contributed by atoms with Crippen LogP contribution in [0.3, 0.4) is 0 Å². The summed E-state index contributed by atoms with van der Waals surface area (Å²) < 4.78 is 1.65. The maximum Gasteiger partial charge on any atom is 0.278 e. The molecule has 0 radical (unpaired) electrons. The minimum absolute atomic E-state index is 0.0635. The number of benzene rings is 2. The van der Waals surface area contributed by atoms with Crippen molar-refractivity contribution in [3.63, 3.8) is 0 Å². The SMILES string of the molecule is CCCc1c(C(=O)Nc2cccc(C(C)=O)c2)nnn1-c1ccc(Cl)cc1. The van der Waals surface area contributed by atoms with E-state index in [1.54, 1.807) is 41.1 Å². The van der Waals surface area contributed by atoms with Gasteiger partial charge in [0.15, 0.2) is 11.5 Å². The molecular formula is C20H19ClN4O2. The monoisotopic (exact) mass is 382 g/mol. The van der Waals surface area contributed by atoms with Crippen LogP contribution in [0.1, 0.15) is 46.8 Å². The molecular weight excluding hydrogens is 364 g/mol. The molecule has 0 unspecified atom stereocenters. The number of aromatic nitrogens is 3. The molecule has 0 spiro atoms. The van der Waals surface area contributed by atoms with E-state index in [0.29, 0.717) is 22.7 Å². The first kappa shape index (κ1) is 18.8. The lowest BCUT2D eigenvalue weighted by molar-refractivity contribution is 0.100. The molecule has 6 nitrogen and oxygen atoms in total. The van der Waals surface area contributed by atoms with Crippen LogP contribution < -0.4 is 5.32 Å². The van der Waals surface area contributed by atoms with Gasteiger partial charge in [0.25, 0.3) is 5.91 Å². The Labute approximate surface area is 162 Å². The number of carbonyl (C=O) groups excluding carboxylic acids is 2. The van der Waals surface area contributed by atoms with Crippen molar-refractivity contribution in [2.45, 2.75) is 26.7 Å². The van der Waals surface area contributed by atoms with Crippen molar-refractivity contribution in [3.05, 3.63) is 70.5 Å². The van der Waals surface area contributed by atoms with Gasteiger partial charge < -0.3 is 5.32 Å². The molecule has 3 rings (SSSR count). The Hall–Kier alpha value is -2.99. The molecule has 0 fully saturated rings. The van der Waals surface area contributed by atoms with Gasteiger partial charge in [-0.15, -0.1) is 5.10 Å². The Morgan fingerprint density at radius 2 is 1.89 bits per heavy atom. The molecule has 1 N–H and O–H groups in total. The zero-order valence-corrected chi connectivity index (χ0v) is 15.8. The number of carbonyl (C=O) groups is 2. The minimum Gasteiger partial charge on any atom is -0.321 e. The molecule has 1 heterocycles. The van der Waals surface area contributed by atoms with E-state index in [1.807, 2.05) is 19.1 Å².